The third-order valence-electron chi connectivity index (χ3n) is 1.83. The van der Waals surface area contributed by atoms with Gasteiger partial charge in [0.25, 0.3) is 0 Å². The lowest BCUT2D eigenvalue weighted by atomic mass is 9.94. The van der Waals surface area contributed by atoms with Gasteiger partial charge in [0.05, 0.1) is 11.7 Å². The molecule has 0 spiro atoms. The summed E-state index contributed by atoms with van der Waals surface area (Å²) in [6.07, 6.45) is 2.13. The molecule has 0 aromatic carbocycles. The summed E-state index contributed by atoms with van der Waals surface area (Å²) in [5.74, 6) is 0.459. The molecule has 2 nitrogen and oxygen atoms in total. The first-order valence-corrected chi connectivity index (χ1v) is 4.41. The second-order valence-corrected chi connectivity index (χ2v) is 4.05. The van der Waals surface area contributed by atoms with E-state index in [1.807, 2.05) is 13.8 Å². The first-order valence-electron chi connectivity index (χ1n) is 4.41. The smallest absolute Gasteiger partial charge is 0.0821 e. The molecule has 0 aliphatic heterocycles. The van der Waals surface area contributed by atoms with Gasteiger partial charge in [-0.25, -0.2) is 0 Å². The van der Waals surface area contributed by atoms with Crippen molar-refractivity contribution in [3.63, 3.8) is 0 Å². The average Bonchev–Trinajstić information content (AvgIpc) is 1.84. The Morgan fingerprint density at radius 3 is 2.33 bits per heavy atom. The molecule has 12 heavy (non-hydrogen) atoms. The van der Waals surface area contributed by atoms with Gasteiger partial charge in [0.15, 0.2) is 0 Å². The number of rotatable bonds is 5. The third-order valence-corrected chi connectivity index (χ3v) is 1.83. The largest absolute Gasteiger partial charge is 0.393 e. The standard InChI is InChI=1S/C10H20O2/c1-5-10(4,12)7-9(11)6-8(2)3/h5,8-9,11-12H,1,6-7H2,2-4H3. The average molecular weight is 172 g/mol. The molecule has 72 valence electrons. The van der Waals surface area contributed by atoms with E-state index in [4.69, 9.17) is 0 Å². The zero-order chi connectivity index (χ0) is 9.78. The van der Waals surface area contributed by atoms with Crippen LogP contribution in [-0.4, -0.2) is 21.9 Å². The Hall–Kier alpha value is -0.340. The van der Waals surface area contributed by atoms with Gasteiger partial charge in [-0.2, -0.15) is 0 Å². The number of aliphatic hydroxyl groups excluding tert-OH is 1. The third kappa shape index (κ3) is 5.33. The Kier molecular flexibility index (Phi) is 4.50. The molecule has 0 fully saturated rings. The normalized spacial score (nSPS) is 18.8. The Morgan fingerprint density at radius 2 is 2.00 bits per heavy atom. The highest BCUT2D eigenvalue weighted by Gasteiger charge is 2.20. The van der Waals surface area contributed by atoms with E-state index in [0.717, 1.165) is 6.42 Å². The summed E-state index contributed by atoms with van der Waals surface area (Å²) in [6.45, 7) is 9.25. The number of hydrogen-bond donors (Lipinski definition) is 2. The molecule has 0 aliphatic carbocycles. The molecule has 0 amide bonds. The molecule has 2 atom stereocenters. The quantitative estimate of drug-likeness (QED) is 0.620. The molecular formula is C10H20O2. The summed E-state index contributed by atoms with van der Waals surface area (Å²) in [5.41, 5.74) is -0.936. The molecule has 0 aliphatic rings. The van der Waals surface area contributed by atoms with Gasteiger partial charge < -0.3 is 10.2 Å². The summed E-state index contributed by atoms with van der Waals surface area (Å²) in [4.78, 5) is 0. The van der Waals surface area contributed by atoms with Gasteiger partial charge in [0, 0.05) is 6.42 Å². The maximum absolute atomic E-state index is 9.53. The molecule has 0 bridgehead atoms. The molecule has 0 heterocycles. The van der Waals surface area contributed by atoms with Crippen LogP contribution >= 0.6 is 0 Å². The first-order chi connectivity index (χ1) is 5.37. The van der Waals surface area contributed by atoms with E-state index in [-0.39, 0.29) is 0 Å². The highest BCUT2D eigenvalue weighted by Crippen LogP contribution is 2.17. The van der Waals surface area contributed by atoms with Crippen LogP contribution in [0.25, 0.3) is 0 Å². The molecular weight excluding hydrogens is 152 g/mol. The zero-order valence-electron chi connectivity index (χ0n) is 8.25. The lowest BCUT2D eigenvalue weighted by Gasteiger charge is -2.23. The Labute approximate surface area is 74.9 Å². The second kappa shape index (κ2) is 4.63. The molecule has 0 aromatic heterocycles. The van der Waals surface area contributed by atoms with Crippen LogP contribution in [0.15, 0.2) is 12.7 Å². The van der Waals surface area contributed by atoms with Crippen molar-refractivity contribution in [1.29, 1.82) is 0 Å². The summed E-state index contributed by atoms with van der Waals surface area (Å²) in [6, 6.07) is 0. The van der Waals surface area contributed by atoms with Gasteiger partial charge in [0.2, 0.25) is 0 Å². The predicted octanol–water partition coefficient (Wildman–Crippen LogP) is 1.72. The zero-order valence-corrected chi connectivity index (χ0v) is 8.25. The van der Waals surface area contributed by atoms with Crippen LogP contribution in [0.2, 0.25) is 0 Å². The van der Waals surface area contributed by atoms with Gasteiger partial charge in [-0.1, -0.05) is 19.9 Å². The van der Waals surface area contributed by atoms with E-state index >= 15 is 0 Å². The highest BCUT2D eigenvalue weighted by atomic mass is 16.3. The van der Waals surface area contributed by atoms with Gasteiger partial charge >= 0.3 is 0 Å². The maximum atomic E-state index is 9.53. The molecule has 0 rings (SSSR count). The fourth-order valence-electron chi connectivity index (χ4n) is 1.19. The summed E-state index contributed by atoms with van der Waals surface area (Å²) >= 11 is 0. The topological polar surface area (TPSA) is 40.5 Å². The van der Waals surface area contributed by atoms with Crippen molar-refractivity contribution in [2.75, 3.05) is 0 Å². The van der Waals surface area contributed by atoms with E-state index in [9.17, 15) is 10.2 Å². The second-order valence-electron chi connectivity index (χ2n) is 4.05. The van der Waals surface area contributed by atoms with Crippen molar-refractivity contribution in [2.45, 2.75) is 45.3 Å². The minimum atomic E-state index is -0.936. The molecule has 0 aromatic rings. The van der Waals surface area contributed by atoms with E-state index < -0.39 is 11.7 Å². The van der Waals surface area contributed by atoms with Crippen molar-refractivity contribution < 1.29 is 10.2 Å². The van der Waals surface area contributed by atoms with Gasteiger partial charge in [-0.3, -0.25) is 0 Å². The highest BCUT2D eigenvalue weighted by molar-refractivity contribution is 4.93. The van der Waals surface area contributed by atoms with Crippen molar-refractivity contribution in [3.8, 4) is 0 Å². The fourth-order valence-corrected chi connectivity index (χ4v) is 1.19. The van der Waals surface area contributed by atoms with Crippen LogP contribution in [0.3, 0.4) is 0 Å². The SMILES string of the molecule is C=CC(C)(O)CC(O)CC(C)C. The summed E-state index contributed by atoms with van der Waals surface area (Å²) in [7, 11) is 0. The number of hydrogen-bond acceptors (Lipinski definition) is 2. The van der Waals surface area contributed by atoms with Crippen molar-refractivity contribution in [2.24, 2.45) is 5.92 Å². The van der Waals surface area contributed by atoms with Crippen molar-refractivity contribution >= 4 is 0 Å². The van der Waals surface area contributed by atoms with Crippen molar-refractivity contribution in [1.82, 2.24) is 0 Å². The van der Waals surface area contributed by atoms with Crippen LogP contribution in [0.5, 0.6) is 0 Å². The lowest BCUT2D eigenvalue weighted by Crippen LogP contribution is -2.28. The van der Waals surface area contributed by atoms with Crippen LogP contribution < -0.4 is 0 Å². The molecule has 2 heteroatoms. The lowest BCUT2D eigenvalue weighted by molar-refractivity contribution is 0.0322. The van der Waals surface area contributed by atoms with Crippen LogP contribution in [0.4, 0.5) is 0 Å². The van der Waals surface area contributed by atoms with Crippen LogP contribution in [0.1, 0.15) is 33.6 Å². The van der Waals surface area contributed by atoms with E-state index in [2.05, 4.69) is 6.58 Å². The minimum Gasteiger partial charge on any atom is -0.393 e. The fraction of sp³-hybridized carbons (Fsp3) is 0.800. The van der Waals surface area contributed by atoms with E-state index in [1.54, 1.807) is 6.92 Å². The number of aliphatic hydroxyl groups is 2. The molecule has 0 saturated heterocycles. The minimum absolute atomic E-state index is 0.370. The maximum Gasteiger partial charge on any atom is 0.0821 e. The van der Waals surface area contributed by atoms with Gasteiger partial charge in [-0.15, -0.1) is 6.58 Å². The Bertz CT molecular complexity index is 139. The Morgan fingerprint density at radius 1 is 1.50 bits per heavy atom. The predicted molar refractivity (Wildman–Crippen MR) is 50.9 cm³/mol. The van der Waals surface area contributed by atoms with Gasteiger partial charge in [0.1, 0.15) is 0 Å². The van der Waals surface area contributed by atoms with Gasteiger partial charge in [-0.05, 0) is 19.3 Å². The molecule has 0 saturated carbocycles. The summed E-state index contributed by atoms with van der Waals surface area (Å²) in [5, 5.41) is 19.0. The Balaban J connectivity index is 3.83. The van der Waals surface area contributed by atoms with Crippen LogP contribution in [-0.2, 0) is 0 Å². The molecule has 2 unspecified atom stereocenters. The molecule has 2 N–H and O–H groups in total. The monoisotopic (exact) mass is 172 g/mol. The van der Waals surface area contributed by atoms with Crippen LogP contribution in [0, 0.1) is 5.92 Å². The van der Waals surface area contributed by atoms with Crippen molar-refractivity contribution in [3.05, 3.63) is 12.7 Å². The summed E-state index contributed by atoms with van der Waals surface area (Å²) < 4.78 is 0. The van der Waals surface area contributed by atoms with E-state index in [0.29, 0.717) is 12.3 Å². The molecule has 0 radical (unpaired) electrons. The van der Waals surface area contributed by atoms with E-state index in [1.165, 1.54) is 6.08 Å². The first kappa shape index (κ1) is 11.7.